The minimum Gasteiger partial charge on any atom is -0.314 e. The normalized spacial score (nSPS) is 11.7. The highest BCUT2D eigenvalue weighted by Gasteiger charge is 2.12. The van der Waals surface area contributed by atoms with E-state index in [9.17, 15) is 4.39 Å². The summed E-state index contributed by atoms with van der Waals surface area (Å²) in [5.41, 5.74) is 1.04. The van der Waals surface area contributed by atoms with Gasteiger partial charge in [-0.25, -0.2) is 4.39 Å². The number of benzene rings is 1. The fourth-order valence-electron chi connectivity index (χ4n) is 1.25. The molecule has 0 bridgehead atoms. The molecule has 0 saturated heterocycles. The molecule has 1 rings (SSSR count). The second-order valence-electron chi connectivity index (χ2n) is 4.37. The molecule has 0 fully saturated rings. The summed E-state index contributed by atoms with van der Waals surface area (Å²) in [6, 6.07) is 6.67. The molecule has 2 nitrogen and oxygen atoms in total. The van der Waals surface area contributed by atoms with Crippen LogP contribution in [0.1, 0.15) is 19.4 Å². The number of nitrogens with one attached hydrogen (secondary N) is 2. The van der Waals surface area contributed by atoms with Gasteiger partial charge in [-0.05, 0) is 38.6 Å². The highest BCUT2D eigenvalue weighted by molar-refractivity contribution is 5.15. The predicted molar refractivity (Wildman–Crippen MR) is 61.2 cm³/mol. The molecular weight excluding hydrogens is 191 g/mol. The zero-order valence-corrected chi connectivity index (χ0v) is 9.60. The Kier molecular flexibility index (Phi) is 4.24. The summed E-state index contributed by atoms with van der Waals surface area (Å²) in [7, 11) is 1.93. The van der Waals surface area contributed by atoms with Crippen LogP contribution in [0, 0.1) is 5.82 Å². The van der Waals surface area contributed by atoms with Crippen molar-refractivity contribution in [1.29, 1.82) is 0 Å². The van der Waals surface area contributed by atoms with Gasteiger partial charge in [0, 0.05) is 18.6 Å². The molecule has 0 atom stereocenters. The Hall–Kier alpha value is -0.930. The first kappa shape index (κ1) is 12.1. The van der Waals surface area contributed by atoms with E-state index in [-0.39, 0.29) is 11.4 Å². The van der Waals surface area contributed by atoms with Gasteiger partial charge in [-0.1, -0.05) is 12.1 Å². The molecule has 0 aliphatic rings. The summed E-state index contributed by atoms with van der Waals surface area (Å²) < 4.78 is 12.9. The van der Waals surface area contributed by atoms with Gasteiger partial charge in [0.25, 0.3) is 0 Å². The zero-order valence-electron chi connectivity index (χ0n) is 9.60. The molecule has 3 heteroatoms. The first-order chi connectivity index (χ1) is 7.03. The monoisotopic (exact) mass is 210 g/mol. The fraction of sp³-hybridized carbons (Fsp3) is 0.500. The Bertz CT molecular complexity index is 310. The molecule has 0 heterocycles. The maximum absolute atomic E-state index is 12.9. The van der Waals surface area contributed by atoms with Gasteiger partial charge in [-0.3, -0.25) is 0 Å². The average Bonchev–Trinajstić information content (AvgIpc) is 2.18. The molecule has 0 saturated carbocycles. The van der Waals surface area contributed by atoms with Crippen LogP contribution in [0.2, 0.25) is 0 Å². The molecule has 0 unspecified atom stereocenters. The highest BCUT2D eigenvalue weighted by Crippen LogP contribution is 2.04. The molecule has 1 aromatic rings. The molecule has 0 amide bonds. The van der Waals surface area contributed by atoms with Crippen molar-refractivity contribution in [1.82, 2.24) is 10.6 Å². The Balaban J connectivity index is 2.38. The maximum atomic E-state index is 12.9. The summed E-state index contributed by atoms with van der Waals surface area (Å²) in [4.78, 5) is 0. The fourth-order valence-corrected chi connectivity index (χ4v) is 1.25. The van der Waals surface area contributed by atoms with E-state index in [1.165, 1.54) is 6.07 Å². The van der Waals surface area contributed by atoms with Crippen LogP contribution < -0.4 is 10.6 Å². The van der Waals surface area contributed by atoms with Gasteiger partial charge in [0.15, 0.2) is 0 Å². The number of hydrogen-bond acceptors (Lipinski definition) is 2. The maximum Gasteiger partial charge on any atom is 0.123 e. The van der Waals surface area contributed by atoms with Gasteiger partial charge in [-0.15, -0.1) is 0 Å². The summed E-state index contributed by atoms with van der Waals surface area (Å²) in [6.45, 7) is 5.78. The summed E-state index contributed by atoms with van der Waals surface area (Å²) >= 11 is 0. The third-order valence-corrected chi connectivity index (χ3v) is 2.46. The van der Waals surface area contributed by atoms with Crippen LogP contribution in [0.3, 0.4) is 0 Å². The molecule has 0 aliphatic carbocycles. The summed E-state index contributed by atoms with van der Waals surface area (Å²) in [5, 5.41) is 6.49. The topological polar surface area (TPSA) is 24.1 Å². The SMILES string of the molecule is CNC(C)(C)CNCc1cccc(F)c1. The molecule has 0 spiro atoms. The Morgan fingerprint density at radius 1 is 1.33 bits per heavy atom. The first-order valence-electron chi connectivity index (χ1n) is 5.17. The smallest absolute Gasteiger partial charge is 0.123 e. The van der Waals surface area contributed by atoms with E-state index in [1.54, 1.807) is 12.1 Å². The van der Waals surface area contributed by atoms with E-state index < -0.39 is 0 Å². The third kappa shape index (κ3) is 4.40. The summed E-state index contributed by atoms with van der Waals surface area (Å²) in [6.07, 6.45) is 0. The van der Waals surface area contributed by atoms with Crippen LogP contribution in [0.5, 0.6) is 0 Å². The van der Waals surface area contributed by atoms with Gasteiger partial charge in [-0.2, -0.15) is 0 Å². The van der Waals surface area contributed by atoms with Crippen molar-refractivity contribution < 1.29 is 4.39 Å². The van der Waals surface area contributed by atoms with Crippen molar-refractivity contribution in [2.75, 3.05) is 13.6 Å². The van der Waals surface area contributed by atoms with E-state index in [0.717, 1.165) is 12.1 Å². The van der Waals surface area contributed by atoms with E-state index in [0.29, 0.717) is 6.54 Å². The largest absolute Gasteiger partial charge is 0.314 e. The molecule has 15 heavy (non-hydrogen) atoms. The van der Waals surface area contributed by atoms with Gasteiger partial charge >= 0.3 is 0 Å². The lowest BCUT2D eigenvalue weighted by Gasteiger charge is -2.24. The van der Waals surface area contributed by atoms with Gasteiger partial charge < -0.3 is 10.6 Å². The van der Waals surface area contributed by atoms with Crippen LogP contribution in [-0.4, -0.2) is 19.1 Å². The van der Waals surface area contributed by atoms with Crippen LogP contribution in [0.25, 0.3) is 0 Å². The van der Waals surface area contributed by atoms with E-state index in [1.807, 2.05) is 13.1 Å². The third-order valence-electron chi connectivity index (χ3n) is 2.46. The lowest BCUT2D eigenvalue weighted by molar-refractivity contribution is 0.393. The first-order valence-corrected chi connectivity index (χ1v) is 5.17. The van der Waals surface area contributed by atoms with E-state index in [2.05, 4.69) is 24.5 Å². The van der Waals surface area contributed by atoms with Gasteiger partial charge in [0.1, 0.15) is 5.82 Å². The van der Waals surface area contributed by atoms with Crippen LogP contribution in [-0.2, 0) is 6.54 Å². The number of likely N-dealkylation sites (N-methyl/N-ethyl adjacent to an activating group) is 1. The minimum absolute atomic E-state index is 0.0628. The second-order valence-corrected chi connectivity index (χ2v) is 4.37. The van der Waals surface area contributed by atoms with Crippen LogP contribution >= 0.6 is 0 Å². The van der Waals surface area contributed by atoms with Crippen molar-refractivity contribution in [2.24, 2.45) is 0 Å². The van der Waals surface area contributed by atoms with Crippen LogP contribution in [0.15, 0.2) is 24.3 Å². The number of hydrogen-bond donors (Lipinski definition) is 2. The standard InChI is InChI=1S/C12H19FN2/c1-12(2,14-3)9-15-8-10-5-4-6-11(13)7-10/h4-7,14-15H,8-9H2,1-3H3. The molecule has 1 aromatic carbocycles. The highest BCUT2D eigenvalue weighted by atomic mass is 19.1. The second kappa shape index (κ2) is 5.24. The molecule has 0 aliphatic heterocycles. The average molecular weight is 210 g/mol. The molecule has 2 N–H and O–H groups in total. The molecular formula is C12H19FN2. The van der Waals surface area contributed by atoms with Crippen molar-refractivity contribution in [3.63, 3.8) is 0 Å². The minimum atomic E-state index is -0.179. The molecule has 0 radical (unpaired) electrons. The van der Waals surface area contributed by atoms with E-state index >= 15 is 0 Å². The molecule has 0 aromatic heterocycles. The van der Waals surface area contributed by atoms with Gasteiger partial charge in [0.05, 0.1) is 0 Å². The Labute approximate surface area is 90.9 Å². The van der Waals surface area contributed by atoms with Crippen molar-refractivity contribution in [2.45, 2.75) is 25.9 Å². The van der Waals surface area contributed by atoms with Crippen molar-refractivity contribution in [3.8, 4) is 0 Å². The predicted octanol–water partition coefficient (Wildman–Crippen LogP) is 1.91. The van der Waals surface area contributed by atoms with Crippen molar-refractivity contribution in [3.05, 3.63) is 35.6 Å². The van der Waals surface area contributed by atoms with Crippen LogP contribution in [0.4, 0.5) is 4.39 Å². The lowest BCUT2D eigenvalue weighted by Crippen LogP contribution is -2.45. The zero-order chi connectivity index (χ0) is 11.3. The number of rotatable bonds is 5. The number of halogens is 1. The summed E-state index contributed by atoms with van der Waals surface area (Å²) in [5.74, 6) is -0.179. The quantitative estimate of drug-likeness (QED) is 0.775. The van der Waals surface area contributed by atoms with E-state index in [4.69, 9.17) is 0 Å². The lowest BCUT2D eigenvalue weighted by atomic mass is 10.1. The molecule has 84 valence electrons. The van der Waals surface area contributed by atoms with Crippen molar-refractivity contribution >= 4 is 0 Å². The Morgan fingerprint density at radius 3 is 2.67 bits per heavy atom. The van der Waals surface area contributed by atoms with Gasteiger partial charge in [0.2, 0.25) is 0 Å². The Morgan fingerprint density at radius 2 is 2.07 bits per heavy atom.